The summed E-state index contributed by atoms with van der Waals surface area (Å²) in [6.07, 6.45) is 0. The van der Waals surface area contributed by atoms with Crippen molar-refractivity contribution in [1.82, 2.24) is 10.2 Å². The maximum atomic E-state index is 13.3. The van der Waals surface area contributed by atoms with E-state index < -0.39 is 11.6 Å². The van der Waals surface area contributed by atoms with Crippen molar-refractivity contribution < 1.29 is 13.6 Å². The summed E-state index contributed by atoms with van der Waals surface area (Å²) >= 11 is 0. The molecule has 0 bridgehead atoms. The highest BCUT2D eigenvalue weighted by atomic mass is 19.2. The molecule has 0 saturated carbocycles. The minimum atomic E-state index is -0.883. The standard InChI is InChI=1S/C15H20F2N2O/c1-9-7-18-8-12(9)15(20)19(3)10(2)11-4-5-13(16)14(17)6-11/h4-6,9-10,12,18H,7-8H2,1-3H3. The Balaban J connectivity index is 2.13. The number of carbonyl (C=O) groups is 1. The fourth-order valence-electron chi connectivity index (χ4n) is 2.59. The van der Waals surface area contributed by atoms with Crippen LogP contribution in [0.4, 0.5) is 8.78 Å². The summed E-state index contributed by atoms with van der Waals surface area (Å²) < 4.78 is 26.2. The van der Waals surface area contributed by atoms with Gasteiger partial charge in [-0.25, -0.2) is 8.78 Å². The second-order valence-corrected chi connectivity index (χ2v) is 5.54. The SMILES string of the molecule is CC1CNCC1C(=O)N(C)C(C)c1ccc(F)c(F)c1. The molecular formula is C15H20F2N2O. The lowest BCUT2D eigenvalue weighted by atomic mass is 9.95. The summed E-state index contributed by atoms with van der Waals surface area (Å²) in [4.78, 5) is 14.1. The van der Waals surface area contributed by atoms with Crippen LogP contribution in [0.3, 0.4) is 0 Å². The van der Waals surface area contributed by atoms with Crippen LogP contribution in [0.25, 0.3) is 0 Å². The summed E-state index contributed by atoms with van der Waals surface area (Å²) in [5, 5.41) is 3.20. The van der Waals surface area contributed by atoms with Crippen molar-refractivity contribution in [2.24, 2.45) is 11.8 Å². The molecule has 1 N–H and O–H groups in total. The van der Waals surface area contributed by atoms with Crippen LogP contribution in [-0.2, 0) is 4.79 Å². The number of amides is 1. The molecule has 1 aromatic carbocycles. The molecule has 0 radical (unpaired) electrons. The highest BCUT2D eigenvalue weighted by Crippen LogP contribution is 2.25. The third-order valence-corrected chi connectivity index (χ3v) is 4.19. The van der Waals surface area contributed by atoms with Gasteiger partial charge in [-0.2, -0.15) is 0 Å². The zero-order valence-electron chi connectivity index (χ0n) is 12.0. The summed E-state index contributed by atoms with van der Waals surface area (Å²) in [7, 11) is 1.71. The van der Waals surface area contributed by atoms with E-state index in [1.54, 1.807) is 11.9 Å². The van der Waals surface area contributed by atoms with Crippen LogP contribution in [0.15, 0.2) is 18.2 Å². The van der Waals surface area contributed by atoms with Gasteiger partial charge < -0.3 is 10.2 Å². The number of nitrogens with one attached hydrogen (secondary N) is 1. The lowest BCUT2D eigenvalue weighted by Crippen LogP contribution is -2.37. The first-order valence-electron chi connectivity index (χ1n) is 6.84. The van der Waals surface area contributed by atoms with Crippen LogP contribution >= 0.6 is 0 Å². The molecular weight excluding hydrogens is 262 g/mol. The van der Waals surface area contributed by atoms with Crippen molar-refractivity contribution >= 4 is 5.91 Å². The molecule has 0 spiro atoms. The minimum Gasteiger partial charge on any atom is -0.339 e. The van der Waals surface area contributed by atoms with E-state index in [4.69, 9.17) is 0 Å². The van der Waals surface area contributed by atoms with Crippen molar-refractivity contribution in [3.8, 4) is 0 Å². The van der Waals surface area contributed by atoms with Crippen LogP contribution in [-0.4, -0.2) is 30.9 Å². The van der Waals surface area contributed by atoms with Gasteiger partial charge in [0.05, 0.1) is 12.0 Å². The average Bonchev–Trinajstić information content (AvgIpc) is 2.85. The van der Waals surface area contributed by atoms with Gasteiger partial charge in [0.2, 0.25) is 5.91 Å². The van der Waals surface area contributed by atoms with Gasteiger partial charge in [-0.3, -0.25) is 4.79 Å². The van der Waals surface area contributed by atoms with Gasteiger partial charge in [-0.1, -0.05) is 13.0 Å². The molecule has 3 atom stereocenters. The van der Waals surface area contributed by atoms with Gasteiger partial charge in [-0.05, 0) is 37.1 Å². The van der Waals surface area contributed by atoms with Crippen LogP contribution < -0.4 is 5.32 Å². The topological polar surface area (TPSA) is 32.3 Å². The zero-order chi connectivity index (χ0) is 14.9. The molecule has 0 aromatic heterocycles. The highest BCUT2D eigenvalue weighted by molar-refractivity contribution is 5.80. The molecule has 1 aliphatic rings. The molecule has 5 heteroatoms. The fraction of sp³-hybridized carbons (Fsp3) is 0.533. The van der Waals surface area contributed by atoms with E-state index in [-0.39, 0.29) is 17.9 Å². The first kappa shape index (κ1) is 14.9. The maximum absolute atomic E-state index is 13.3. The Morgan fingerprint density at radius 1 is 1.35 bits per heavy atom. The van der Waals surface area contributed by atoms with E-state index in [2.05, 4.69) is 5.32 Å². The summed E-state index contributed by atoms with van der Waals surface area (Å²) in [5.74, 6) is -1.47. The number of carbonyl (C=O) groups excluding carboxylic acids is 1. The second kappa shape index (κ2) is 5.87. The molecule has 0 aliphatic carbocycles. The Kier molecular flexibility index (Phi) is 4.38. The Morgan fingerprint density at radius 3 is 2.60 bits per heavy atom. The molecule has 20 heavy (non-hydrogen) atoms. The number of nitrogens with zero attached hydrogens (tertiary/aromatic N) is 1. The molecule has 1 aromatic rings. The first-order valence-corrected chi connectivity index (χ1v) is 6.84. The highest BCUT2D eigenvalue weighted by Gasteiger charge is 2.33. The predicted octanol–water partition coefficient (Wildman–Crippen LogP) is 2.34. The number of benzene rings is 1. The van der Waals surface area contributed by atoms with Crippen LogP contribution in [0, 0.1) is 23.5 Å². The minimum absolute atomic E-state index is 0.0414. The van der Waals surface area contributed by atoms with Gasteiger partial charge in [0, 0.05) is 13.6 Å². The Bertz CT molecular complexity index is 507. The third-order valence-electron chi connectivity index (χ3n) is 4.19. The van der Waals surface area contributed by atoms with Crippen LogP contribution in [0.5, 0.6) is 0 Å². The van der Waals surface area contributed by atoms with E-state index >= 15 is 0 Å². The number of halogens is 2. The van der Waals surface area contributed by atoms with Crippen molar-refractivity contribution in [3.63, 3.8) is 0 Å². The van der Waals surface area contributed by atoms with Crippen molar-refractivity contribution in [2.45, 2.75) is 19.9 Å². The number of hydrogen-bond donors (Lipinski definition) is 1. The van der Waals surface area contributed by atoms with Gasteiger partial charge in [0.1, 0.15) is 0 Å². The summed E-state index contributed by atoms with van der Waals surface area (Å²) in [5.41, 5.74) is 0.596. The monoisotopic (exact) mass is 282 g/mol. The van der Waals surface area contributed by atoms with Gasteiger partial charge >= 0.3 is 0 Å². The lowest BCUT2D eigenvalue weighted by molar-refractivity contribution is -0.136. The largest absolute Gasteiger partial charge is 0.339 e. The van der Waals surface area contributed by atoms with Gasteiger partial charge in [0.15, 0.2) is 11.6 Å². The van der Waals surface area contributed by atoms with E-state index in [9.17, 15) is 13.6 Å². The number of rotatable bonds is 3. The lowest BCUT2D eigenvalue weighted by Gasteiger charge is -2.29. The Hall–Kier alpha value is -1.49. The van der Waals surface area contributed by atoms with Gasteiger partial charge in [-0.15, -0.1) is 0 Å². The summed E-state index contributed by atoms with van der Waals surface area (Å²) in [6, 6.07) is 3.48. The van der Waals surface area contributed by atoms with Crippen molar-refractivity contribution in [3.05, 3.63) is 35.4 Å². The van der Waals surface area contributed by atoms with Crippen molar-refractivity contribution in [1.29, 1.82) is 0 Å². The molecule has 1 aliphatic heterocycles. The van der Waals surface area contributed by atoms with Crippen LogP contribution in [0.2, 0.25) is 0 Å². The molecule has 110 valence electrons. The molecule has 1 amide bonds. The van der Waals surface area contributed by atoms with Gasteiger partial charge in [0.25, 0.3) is 0 Å². The summed E-state index contributed by atoms with van der Waals surface area (Å²) in [6.45, 7) is 5.37. The molecule has 1 fully saturated rings. The molecule has 1 heterocycles. The van der Waals surface area contributed by atoms with E-state index in [0.29, 0.717) is 18.0 Å². The average molecular weight is 282 g/mol. The third kappa shape index (κ3) is 2.82. The quantitative estimate of drug-likeness (QED) is 0.923. The molecule has 2 rings (SSSR count). The van der Waals surface area contributed by atoms with E-state index in [1.165, 1.54) is 6.07 Å². The van der Waals surface area contributed by atoms with E-state index in [0.717, 1.165) is 18.7 Å². The normalized spacial score (nSPS) is 23.6. The molecule has 1 saturated heterocycles. The Morgan fingerprint density at radius 2 is 2.05 bits per heavy atom. The smallest absolute Gasteiger partial charge is 0.227 e. The fourth-order valence-corrected chi connectivity index (χ4v) is 2.59. The van der Waals surface area contributed by atoms with Crippen molar-refractivity contribution in [2.75, 3.05) is 20.1 Å². The predicted molar refractivity (Wildman–Crippen MR) is 73.1 cm³/mol. The first-order chi connectivity index (χ1) is 9.41. The van der Waals surface area contributed by atoms with E-state index in [1.807, 2.05) is 13.8 Å². The molecule has 3 unspecified atom stereocenters. The number of hydrogen-bond acceptors (Lipinski definition) is 2. The van der Waals surface area contributed by atoms with Crippen LogP contribution in [0.1, 0.15) is 25.5 Å². The maximum Gasteiger partial charge on any atom is 0.227 e. The Labute approximate surface area is 118 Å². The zero-order valence-corrected chi connectivity index (χ0v) is 12.0. The second-order valence-electron chi connectivity index (χ2n) is 5.54. The molecule has 3 nitrogen and oxygen atoms in total.